The molecule has 0 atom stereocenters. The molecule has 0 unspecified atom stereocenters. The number of anilines is 1. The lowest BCUT2D eigenvalue weighted by Gasteiger charge is -2.08. The van der Waals surface area contributed by atoms with E-state index in [2.05, 4.69) is 23.7 Å². The number of nitrogens with zero attached hydrogens (tertiary/aromatic N) is 2. The van der Waals surface area contributed by atoms with Gasteiger partial charge in [0.2, 0.25) is 0 Å². The topological polar surface area (TPSA) is 78.0 Å². The monoisotopic (exact) mass is 345 g/mol. The van der Waals surface area contributed by atoms with Crippen LogP contribution >= 0.6 is 0 Å². The van der Waals surface area contributed by atoms with E-state index in [0.29, 0.717) is 5.69 Å². The molecule has 2 aromatic carbocycles. The molecule has 0 saturated heterocycles. The summed E-state index contributed by atoms with van der Waals surface area (Å²) in [6.07, 6.45) is 3.57. The van der Waals surface area contributed by atoms with E-state index in [-0.39, 0.29) is 17.4 Å². The first-order valence-electron chi connectivity index (χ1n) is 8.31. The smallest absolute Gasteiger partial charge is 0.266 e. The fourth-order valence-corrected chi connectivity index (χ4v) is 2.82. The van der Waals surface area contributed by atoms with Crippen molar-refractivity contribution in [3.8, 4) is 11.8 Å². The number of phenols is 1. The lowest BCUT2D eigenvalue weighted by atomic mass is 10.1. The van der Waals surface area contributed by atoms with Gasteiger partial charge in [-0.1, -0.05) is 18.2 Å². The molecule has 1 aromatic heterocycles. The van der Waals surface area contributed by atoms with Crippen molar-refractivity contribution in [1.29, 1.82) is 5.26 Å². The van der Waals surface area contributed by atoms with Gasteiger partial charge in [-0.3, -0.25) is 4.79 Å². The highest BCUT2D eigenvalue weighted by molar-refractivity contribution is 6.10. The zero-order chi connectivity index (χ0) is 18.7. The lowest BCUT2D eigenvalue weighted by Crippen LogP contribution is -2.13. The SMILES string of the molecule is CC(C)n1cc(/C=C(/C#N)C(=O)Nc2ccc(O)cc2)c2ccccc21. The molecule has 0 radical (unpaired) electrons. The minimum absolute atomic E-state index is 0.0183. The number of hydrogen-bond donors (Lipinski definition) is 2. The fourth-order valence-electron chi connectivity index (χ4n) is 2.82. The molecule has 0 aliphatic heterocycles. The molecule has 26 heavy (non-hydrogen) atoms. The second-order valence-corrected chi connectivity index (χ2v) is 6.27. The van der Waals surface area contributed by atoms with Gasteiger partial charge in [-0.2, -0.15) is 5.26 Å². The van der Waals surface area contributed by atoms with Crippen LogP contribution in [0, 0.1) is 11.3 Å². The Kier molecular flexibility index (Phi) is 4.76. The van der Waals surface area contributed by atoms with Crippen LogP contribution < -0.4 is 5.32 Å². The zero-order valence-electron chi connectivity index (χ0n) is 14.6. The van der Waals surface area contributed by atoms with E-state index >= 15 is 0 Å². The predicted molar refractivity (Wildman–Crippen MR) is 103 cm³/mol. The number of aromatic hydroxyl groups is 1. The zero-order valence-corrected chi connectivity index (χ0v) is 14.6. The van der Waals surface area contributed by atoms with Gasteiger partial charge in [-0.25, -0.2) is 0 Å². The molecule has 0 aliphatic carbocycles. The minimum Gasteiger partial charge on any atom is -0.508 e. The maximum absolute atomic E-state index is 12.4. The van der Waals surface area contributed by atoms with Gasteiger partial charge in [0.15, 0.2) is 0 Å². The largest absolute Gasteiger partial charge is 0.508 e. The molecule has 5 nitrogen and oxygen atoms in total. The van der Waals surface area contributed by atoms with Gasteiger partial charge in [-0.05, 0) is 50.3 Å². The highest BCUT2D eigenvalue weighted by Crippen LogP contribution is 2.26. The van der Waals surface area contributed by atoms with Crippen molar-refractivity contribution in [3.63, 3.8) is 0 Å². The van der Waals surface area contributed by atoms with Crippen LogP contribution in [0.25, 0.3) is 17.0 Å². The van der Waals surface area contributed by atoms with Gasteiger partial charge in [0.1, 0.15) is 17.4 Å². The third kappa shape index (κ3) is 3.45. The molecule has 130 valence electrons. The number of nitriles is 1. The van der Waals surface area contributed by atoms with E-state index in [1.165, 1.54) is 12.1 Å². The van der Waals surface area contributed by atoms with Crippen LogP contribution in [0.2, 0.25) is 0 Å². The maximum Gasteiger partial charge on any atom is 0.266 e. The summed E-state index contributed by atoms with van der Waals surface area (Å²) < 4.78 is 2.12. The second kappa shape index (κ2) is 7.16. The molecule has 0 bridgehead atoms. The number of fused-ring (bicyclic) bond motifs is 1. The Bertz CT molecular complexity index is 1020. The van der Waals surface area contributed by atoms with Crippen molar-refractivity contribution >= 4 is 28.6 Å². The van der Waals surface area contributed by atoms with Crippen LogP contribution in [0.4, 0.5) is 5.69 Å². The number of rotatable bonds is 4. The quantitative estimate of drug-likeness (QED) is 0.416. The molecule has 0 fully saturated rings. The summed E-state index contributed by atoms with van der Waals surface area (Å²) in [5, 5.41) is 22.4. The number of amides is 1. The van der Waals surface area contributed by atoms with Crippen molar-refractivity contribution < 1.29 is 9.90 Å². The van der Waals surface area contributed by atoms with Gasteiger partial charge in [0, 0.05) is 34.4 Å². The number of carbonyl (C=O) groups is 1. The Hall–Kier alpha value is -3.52. The third-order valence-corrected chi connectivity index (χ3v) is 4.12. The van der Waals surface area contributed by atoms with Crippen molar-refractivity contribution in [2.24, 2.45) is 0 Å². The van der Waals surface area contributed by atoms with Gasteiger partial charge < -0.3 is 15.0 Å². The summed E-state index contributed by atoms with van der Waals surface area (Å²) >= 11 is 0. The second-order valence-electron chi connectivity index (χ2n) is 6.27. The van der Waals surface area contributed by atoms with Crippen LogP contribution in [0.3, 0.4) is 0 Å². The lowest BCUT2D eigenvalue weighted by molar-refractivity contribution is -0.112. The highest BCUT2D eigenvalue weighted by Gasteiger charge is 2.13. The number of benzene rings is 2. The molecule has 0 spiro atoms. The molecule has 2 N–H and O–H groups in total. The van der Waals surface area contributed by atoms with Crippen molar-refractivity contribution in [2.45, 2.75) is 19.9 Å². The number of phenolic OH excluding ortho intramolecular Hbond substituents is 1. The van der Waals surface area contributed by atoms with Crippen LogP contribution in [-0.4, -0.2) is 15.6 Å². The minimum atomic E-state index is -0.487. The summed E-state index contributed by atoms with van der Waals surface area (Å²) in [6.45, 7) is 4.17. The normalized spacial score (nSPS) is 11.5. The molecule has 0 saturated carbocycles. The average Bonchev–Trinajstić information content (AvgIpc) is 3.00. The predicted octanol–water partition coefficient (Wildman–Crippen LogP) is 4.47. The number of para-hydroxylation sites is 1. The Morgan fingerprint density at radius 2 is 1.88 bits per heavy atom. The Labute approximate surface area is 151 Å². The molecular weight excluding hydrogens is 326 g/mol. The third-order valence-electron chi connectivity index (χ3n) is 4.12. The van der Waals surface area contributed by atoms with Crippen molar-refractivity contribution in [2.75, 3.05) is 5.32 Å². The molecule has 1 heterocycles. The first kappa shape index (κ1) is 17.3. The Morgan fingerprint density at radius 3 is 2.54 bits per heavy atom. The van der Waals surface area contributed by atoms with Gasteiger partial charge in [0.25, 0.3) is 5.91 Å². The van der Waals surface area contributed by atoms with E-state index in [1.807, 2.05) is 36.5 Å². The molecule has 0 aliphatic rings. The number of carbonyl (C=O) groups excluding carboxylic acids is 1. The van der Waals surface area contributed by atoms with Crippen LogP contribution in [0.1, 0.15) is 25.5 Å². The summed E-state index contributed by atoms with van der Waals surface area (Å²) in [5.41, 5.74) is 2.42. The molecule has 3 aromatic rings. The summed E-state index contributed by atoms with van der Waals surface area (Å²) in [7, 11) is 0. The van der Waals surface area contributed by atoms with Crippen molar-refractivity contribution in [3.05, 3.63) is 65.9 Å². The molecule has 5 heteroatoms. The van der Waals surface area contributed by atoms with Gasteiger partial charge in [0.05, 0.1) is 0 Å². The first-order chi connectivity index (χ1) is 12.5. The van der Waals surface area contributed by atoms with Crippen LogP contribution in [0.5, 0.6) is 5.75 Å². The number of nitrogens with one attached hydrogen (secondary N) is 1. The standard InChI is InChI=1S/C21H19N3O2/c1-14(2)24-13-16(19-5-3-4-6-20(19)24)11-15(12-22)21(26)23-17-7-9-18(25)10-8-17/h3-11,13-14,25H,1-2H3,(H,23,26)/b15-11-. The summed E-state index contributed by atoms with van der Waals surface area (Å²) in [6, 6.07) is 16.2. The summed E-state index contributed by atoms with van der Waals surface area (Å²) in [5.74, 6) is -0.375. The maximum atomic E-state index is 12.4. The van der Waals surface area contributed by atoms with Gasteiger partial charge in [-0.15, -0.1) is 0 Å². The van der Waals surface area contributed by atoms with Crippen LogP contribution in [-0.2, 0) is 4.79 Å². The van der Waals surface area contributed by atoms with E-state index in [9.17, 15) is 15.2 Å². The number of hydrogen-bond acceptors (Lipinski definition) is 3. The molecular formula is C21H19N3O2. The average molecular weight is 345 g/mol. The Balaban J connectivity index is 1.96. The highest BCUT2D eigenvalue weighted by atomic mass is 16.3. The molecule has 1 amide bonds. The van der Waals surface area contributed by atoms with E-state index in [4.69, 9.17) is 0 Å². The number of aromatic nitrogens is 1. The van der Waals surface area contributed by atoms with E-state index < -0.39 is 5.91 Å². The molecule has 3 rings (SSSR count). The Morgan fingerprint density at radius 1 is 1.19 bits per heavy atom. The van der Waals surface area contributed by atoms with Crippen molar-refractivity contribution in [1.82, 2.24) is 4.57 Å². The first-order valence-corrected chi connectivity index (χ1v) is 8.31. The fraction of sp³-hybridized carbons (Fsp3) is 0.143. The van der Waals surface area contributed by atoms with E-state index in [1.54, 1.807) is 18.2 Å². The van der Waals surface area contributed by atoms with E-state index in [0.717, 1.165) is 16.5 Å². The summed E-state index contributed by atoms with van der Waals surface area (Å²) in [4.78, 5) is 12.4. The van der Waals surface area contributed by atoms with Gasteiger partial charge >= 0.3 is 0 Å². The van der Waals surface area contributed by atoms with Crippen LogP contribution in [0.15, 0.2) is 60.3 Å².